The minimum absolute atomic E-state index is 0.320. The van der Waals surface area contributed by atoms with Crippen molar-refractivity contribution in [2.45, 2.75) is 6.92 Å². The van der Waals surface area contributed by atoms with E-state index in [4.69, 9.17) is 4.74 Å². The van der Waals surface area contributed by atoms with Gasteiger partial charge in [0, 0.05) is 5.38 Å². The number of carbonyl (C=O) groups excluding carboxylic acids is 1. The largest absolute Gasteiger partial charge is 0.457 e. The molecule has 0 fully saturated rings. The highest BCUT2D eigenvalue weighted by Gasteiger charge is 2.07. The van der Waals surface area contributed by atoms with Crippen LogP contribution in [0.5, 0.6) is 11.5 Å². The summed E-state index contributed by atoms with van der Waals surface area (Å²) >= 11 is 1.43. The Morgan fingerprint density at radius 1 is 1.12 bits per heavy atom. The Kier molecular flexibility index (Phi) is 4.98. The summed E-state index contributed by atoms with van der Waals surface area (Å²) in [5.74, 6) is 1.20. The molecule has 0 radical (unpaired) electrons. The van der Waals surface area contributed by atoms with E-state index in [1.807, 2.05) is 61.5 Å². The van der Waals surface area contributed by atoms with Gasteiger partial charge in [-0.2, -0.15) is 5.10 Å². The number of benzene rings is 2. The minimum atomic E-state index is -0.320. The second-order valence-corrected chi connectivity index (χ2v) is 6.00. The summed E-state index contributed by atoms with van der Waals surface area (Å²) in [6.45, 7) is 1.85. The number of para-hydroxylation sites is 1. The van der Waals surface area contributed by atoms with E-state index in [0.29, 0.717) is 5.69 Å². The number of hydrogen-bond donors (Lipinski definition) is 1. The molecule has 1 aromatic heterocycles. The van der Waals surface area contributed by atoms with Crippen LogP contribution in [0.2, 0.25) is 0 Å². The fourth-order valence-electron chi connectivity index (χ4n) is 1.94. The third-order valence-electron chi connectivity index (χ3n) is 3.09. The van der Waals surface area contributed by atoms with Crippen LogP contribution in [0.3, 0.4) is 0 Å². The number of amides is 1. The summed E-state index contributed by atoms with van der Waals surface area (Å²) < 4.78 is 5.71. The number of hydrazone groups is 1. The van der Waals surface area contributed by atoms with Crippen LogP contribution in [-0.4, -0.2) is 17.1 Å². The lowest BCUT2D eigenvalue weighted by Crippen LogP contribution is -2.17. The topological polar surface area (TPSA) is 63.6 Å². The van der Waals surface area contributed by atoms with Crippen LogP contribution in [-0.2, 0) is 0 Å². The van der Waals surface area contributed by atoms with E-state index in [1.54, 1.807) is 11.6 Å². The van der Waals surface area contributed by atoms with Crippen molar-refractivity contribution in [3.05, 3.63) is 76.2 Å². The predicted octanol–water partition coefficient (Wildman–Crippen LogP) is 4.01. The minimum Gasteiger partial charge on any atom is -0.457 e. The average molecular weight is 337 g/mol. The third kappa shape index (κ3) is 4.27. The van der Waals surface area contributed by atoms with Crippen molar-refractivity contribution in [2.24, 2.45) is 5.10 Å². The highest BCUT2D eigenvalue weighted by molar-refractivity contribution is 7.09. The van der Waals surface area contributed by atoms with Crippen LogP contribution in [0.4, 0.5) is 0 Å². The first-order valence-corrected chi connectivity index (χ1v) is 8.17. The molecular formula is C18H15N3O2S. The van der Waals surface area contributed by atoms with Gasteiger partial charge >= 0.3 is 0 Å². The molecule has 0 unspecified atom stereocenters. The second kappa shape index (κ2) is 7.52. The van der Waals surface area contributed by atoms with E-state index < -0.39 is 0 Å². The molecule has 5 nitrogen and oxygen atoms in total. The number of aromatic nitrogens is 1. The fraction of sp³-hybridized carbons (Fsp3) is 0.0556. The highest BCUT2D eigenvalue weighted by Crippen LogP contribution is 2.20. The molecule has 3 aromatic rings. The fourth-order valence-corrected chi connectivity index (χ4v) is 2.53. The molecule has 24 heavy (non-hydrogen) atoms. The van der Waals surface area contributed by atoms with Gasteiger partial charge < -0.3 is 4.74 Å². The molecule has 2 aromatic carbocycles. The quantitative estimate of drug-likeness (QED) is 0.565. The molecule has 3 rings (SSSR count). The van der Waals surface area contributed by atoms with E-state index in [2.05, 4.69) is 15.5 Å². The molecule has 0 saturated carbocycles. The van der Waals surface area contributed by atoms with Crippen LogP contribution >= 0.6 is 11.3 Å². The van der Waals surface area contributed by atoms with Crippen molar-refractivity contribution in [1.29, 1.82) is 0 Å². The Hall–Kier alpha value is -2.99. The van der Waals surface area contributed by atoms with Gasteiger partial charge in [-0.1, -0.05) is 18.2 Å². The van der Waals surface area contributed by atoms with Crippen molar-refractivity contribution in [3.63, 3.8) is 0 Å². The summed E-state index contributed by atoms with van der Waals surface area (Å²) in [6.07, 6.45) is 1.57. The smallest absolute Gasteiger partial charge is 0.290 e. The van der Waals surface area contributed by atoms with Gasteiger partial charge in [-0.15, -0.1) is 11.3 Å². The van der Waals surface area contributed by atoms with Gasteiger partial charge in [-0.05, 0) is 48.9 Å². The molecule has 0 bridgehead atoms. The molecule has 1 heterocycles. The van der Waals surface area contributed by atoms with Gasteiger partial charge in [0.15, 0.2) is 0 Å². The maximum absolute atomic E-state index is 11.8. The Morgan fingerprint density at radius 2 is 1.83 bits per heavy atom. The van der Waals surface area contributed by atoms with Crippen LogP contribution in [0, 0.1) is 6.92 Å². The van der Waals surface area contributed by atoms with Crippen molar-refractivity contribution in [1.82, 2.24) is 10.4 Å². The van der Waals surface area contributed by atoms with Crippen molar-refractivity contribution >= 4 is 23.5 Å². The Labute approximate surface area is 143 Å². The molecule has 0 aliphatic carbocycles. The second-order valence-electron chi connectivity index (χ2n) is 4.94. The van der Waals surface area contributed by atoms with Gasteiger partial charge in [0.25, 0.3) is 5.91 Å². The van der Waals surface area contributed by atoms with Gasteiger partial charge in [0.2, 0.25) is 0 Å². The van der Waals surface area contributed by atoms with Crippen molar-refractivity contribution in [2.75, 3.05) is 0 Å². The molecule has 1 amide bonds. The number of ether oxygens (including phenoxy) is 1. The van der Waals surface area contributed by atoms with Gasteiger partial charge in [-0.3, -0.25) is 4.79 Å². The van der Waals surface area contributed by atoms with Crippen LogP contribution in [0.15, 0.2) is 65.1 Å². The number of aryl methyl sites for hydroxylation is 1. The highest BCUT2D eigenvalue weighted by atomic mass is 32.1. The zero-order valence-electron chi connectivity index (χ0n) is 13.0. The number of rotatable bonds is 5. The Morgan fingerprint density at radius 3 is 2.50 bits per heavy atom. The van der Waals surface area contributed by atoms with Crippen molar-refractivity contribution < 1.29 is 9.53 Å². The van der Waals surface area contributed by atoms with Crippen LogP contribution < -0.4 is 10.2 Å². The van der Waals surface area contributed by atoms with Gasteiger partial charge in [-0.25, -0.2) is 10.4 Å². The van der Waals surface area contributed by atoms with E-state index in [0.717, 1.165) is 22.1 Å². The normalized spacial score (nSPS) is 10.7. The predicted molar refractivity (Wildman–Crippen MR) is 94.9 cm³/mol. The number of nitrogens with one attached hydrogen (secondary N) is 1. The molecule has 0 atom stereocenters. The Bertz CT molecular complexity index is 842. The standard InChI is InChI=1S/C18H15N3O2S/c1-13-20-17(12-24-13)18(22)21-19-11-14-7-9-16(10-8-14)23-15-5-3-2-4-6-15/h2-12H,1H3,(H,21,22). The molecule has 0 aliphatic heterocycles. The number of thiazole rings is 1. The molecule has 0 aliphatic rings. The molecule has 0 spiro atoms. The summed E-state index contributed by atoms with van der Waals surface area (Å²) in [7, 11) is 0. The number of hydrogen-bond acceptors (Lipinski definition) is 5. The van der Waals surface area contributed by atoms with Gasteiger partial charge in [0.1, 0.15) is 17.2 Å². The molecule has 6 heteroatoms. The van der Waals surface area contributed by atoms with Crippen molar-refractivity contribution in [3.8, 4) is 11.5 Å². The zero-order valence-corrected chi connectivity index (χ0v) is 13.8. The molecule has 0 saturated heterocycles. The molecule has 1 N–H and O–H groups in total. The third-order valence-corrected chi connectivity index (χ3v) is 3.86. The van der Waals surface area contributed by atoms with E-state index in [9.17, 15) is 4.79 Å². The lowest BCUT2D eigenvalue weighted by molar-refractivity contribution is 0.0950. The van der Waals surface area contributed by atoms with Crippen LogP contribution in [0.1, 0.15) is 21.1 Å². The summed E-state index contributed by atoms with van der Waals surface area (Å²) in [4.78, 5) is 15.9. The number of carbonyl (C=O) groups is 1. The number of nitrogens with zero attached hydrogens (tertiary/aromatic N) is 2. The first-order valence-electron chi connectivity index (χ1n) is 7.29. The first kappa shape index (κ1) is 15.9. The lowest BCUT2D eigenvalue weighted by atomic mass is 10.2. The average Bonchev–Trinajstić information content (AvgIpc) is 3.04. The summed E-state index contributed by atoms with van der Waals surface area (Å²) in [5, 5.41) is 6.49. The van der Waals surface area contributed by atoms with E-state index >= 15 is 0 Å². The maximum Gasteiger partial charge on any atom is 0.290 e. The van der Waals surface area contributed by atoms with Gasteiger partial charge in [0.05, 0.1) is 11.2 Å². The Balaban J connectivity index is 1.56. The zero-order chi connectivity index (χ0) is 16.8. The molecular weight excluding hydrogens is 322 g/mol. The van der Waals surface area contributed by atoms with Crippen LogP contribution in [0.25, 0.3) is 0 Å². The van der Waals surface area contributed by atoms with E-state index in [1.165, 1.54) is 11.3 Å². The summed E-state index contributed by atoms with van der Waals surface area (Å²) in [5.41, 5.74) is 3.69. The molecule has 120 valence electrons. The SMILES string of the molecule is Cc1nc(C(=O)NN=Cc2ccc(Oc3ccccc3)cc2)cs1. The maximum atomic E-state index is 11.8. The lowest BCUT2D eigenvalue weighted by Gasteiger charge is -2.05. The van der Waals surface area contributed by atoms with E-state index in [-0.39, 0.29) is 5.91 Å². The first-order chi connectivity index (χ1) is 11.7. The monoisotopic (exact) mass is 337 g/mol. The summed E-state index contributed by atoms with van der Waals surface area (Å²) in [6, 6.07) is 17.0.